The Labute approximate surface area is 143 Å². The molecule has 0 radical (unpaired) electrons. The summed E-state index contributed by atoms with van der Waals surface area (Å²) in [6, 6.07) is 18.1. The molecule has 1 unspecified atom stereocenters. The van der Waals surface area contributed by atoms with E-state index in [9.17, 15) is 8.42 Å². The van der Waals surface area contributed by atoms with Gasteiger partial charge in [0.1, 0.15) is 5.84 Å². The number of hydrogen-bond donors (Lipinski definition) is 0. The number of fused-ring (bicyclic) bond motifs is 1. The zero-order valence-corrected chi connectivity index (χ0v) is 14.8. The molecule has 4 nitrogen and oxygen atoms in total. The highest BCUT2D eigenvalue weighted by atomic mass is 32.2. The highest BCUT2D eigenvalue weighted by Crippen LogP contribution is 2.36. The summed E-state index contributed by atoms with van der Waals surface area (Å²) in [5.74, 6) is 0.392. The van der Waals surface area contributed by atoms with Gasteiger partial charge in [0.25, 0.3) is 10.0 Å². The summed E-state index contributed by atoms with van der Waals surface area (Å²) in [5, 5.41) is 0. The van der Waals surface area contributed by atoms with Crippen LogP contribution in [0.3, 0.4) is 0 Å². The SMILES string of the molecule is CC1C=C(c2ccccc2)c2ccccc2N(C)/C1=N\S(C)(=O)=O. The van der Waals surface area contributed by atoms with E-state index in [0.717, 1.165) is 28.6 Å². The fourth-order valence-electron chi connectivity index (χ4n) is 3.02. The van der Waals surface area contributed by atoms with Crippen molar-refractivity contribution in [1.82, 2.24) is 0 Å². The van der Waals surface area contributed by atoms with E-state index in [0.29, 0.717) is 5.84 Å². The highest BCUT2D eigenvalue weighted by molar-refractivity contribution is 7.89. The van der Waals surface area contributed by atoms with Gasteiger partial charge in [0.2, 0.25) is 0 Å². The van der Waals surface area contributed by atoms with Crippen LogP contribution in [0.2, 0.25) is 0 Å². The monoisotopic (exact) mass is 340 g/mol. The predicted octanol–water partition coefficient (Wildman–Crippen LogP) is 3.56. The molecule has 0 amide bonds. The molecule has 2 aromatic carbocycles. The van der Waals surface area contributed by atoms with Gasteiger partial charge in [-0.15, -0.1) is 4.40 Å². The van der Waals surface area contributed by atoms with E-state index in [1.807, 2.05) is 55.3 Å². The van der Waals surface area contributed by atoms with Crippen LogP contribution < -0.4 is 4.90 Å². The third-order valence-corrected chi connectivity index (χ3v) is 4.59. The Hall–Kier alpha value is -2.40. The van der Waals surface area contributed by atoms with Gasteiger partial charge in [0.05, 0.1) is 6.26 Å². The average molecular weight is 340 g/mol. The second kappa shape index (κ2) is 6.24. The second-order valence-corrected chi connectivity index (χ2v) is 7.64. The van der Waals surface area contributed by atoms with E-state index in [2.05, 4.69) is 28.7 Å². The maximum absolute atomic E-state index is 11.7. The minimum Gasteiger partial charge on any atom is -0.331 e. The van der Waals surface area contributed by atoms with Crippen LogP contribution in [-0.4, -0.2) is 27.6 Å². The van der Waals surface area contributed by atoms with Gasteiger partial charge >= 0.3 is 0 Å². The van der Waals surface area contributed by atoms with Crippen LogP contribution in [-0.2, 0) is 10.0 Å². The van der Waals surface area contributed by atoms with E-state index < -0.39 is 10.0 Å². The van der Waals surface area contributed by atoms with Crippen molar-refractivity contribution in [2.75, 3.05) is 18.2 Å². The molecule has 0 aliphatic carbocycles. The molecule has 3 rings (SSSR count). The van der Waals surface area contributed by atoms with Gasteiger partial charge in [-0.05, 0) is 17.2 Å². The fraction of sp³-hybridized carbons (Fsp3) is 0.211. The van der Waals surface area contributed by atoms with Gasteiger partial charge < -0.3 is 4.90 Å². The first-order valence-corrected chi connectivity index (χ1v) is 9.62. The van der Waals surface area contributed by atoms with E-state index in [4.69, 9.17) is 0 Å². The van der Waals surface area contributed by atoms with Crippen LogP contribution in [0.15, 0.2) is 65.1 Å². The summed E-state index contributed by atoms with van der Waals surface area (Å²) in [7, 11) is -1.61. The van der Waals surface area contributed by atoms with Gasteiger partial charge in [-0.2, -0.15) is 0 Å². The molecule has 0 saturated carbocycles. The Morgan fingerprint density at radius 3 is 2.29 bits per heavy atom. The number of sulfonamides is 1. The molecular weight excluding hydrogens is 320 g/mol. The molecule has 124 valence electrons. The molecule has 0 spiro atoms. The van der Waals surface area contributed by atoms with Gasteiger partial charge in [-0.1, -0.05) is 61.5 Å². The van der Waals surface area contributed by atoms with Gasteiger partial charge in [-0.3, -0.25) is 0 Å². The summed E-state index contributed by atoms with van der Waals surface area (Å²) in [6.07, 6.45) is 3.21. The van der Waals surface area contributed by atoms with E-state index >= 15 is 0 Å². The predicted molar refractivity (Wildman–Crippen MR) is 99.8 cm³/mol. The topological polar surface area (TPSA) is 49.7 Å². The summed E-state index contributed by atoms with van der Waals surface area (Å²) in [5.41, 5.74) is 4.20. The summed E-state index contributed by atoms with van der Waals surface area (Å²) >= 11 is 0. The third kappa shape index (κ3) is 3.26. The van der Waals surface area contributed by atoms with Crippen molar-refractivity contribution >= 4 is 27.1 Å². The first-order valence-electron chi connectivity index (χ1n) is 7.77. The Bertz CT molecular complexity index is 915. The molecule has 0 fully saturated rings. The Morgan fingerprint density at radius 2 is 1.62 bits per heavy atom. The molecular formula is C19H20N2O2S. The highest BCUT2D eigenvalue weighted by Gasteiger charge is 2.25. The first kappa shape index (κ1) is 16.5. The molecule has 5 heteroatoms. The van der Waals surface area contributed by atoms with Crippen molar-refractivity contribution in [3.8, 4) is 0 Å². The molecule has 1 heterocycles. The van der Waals surface area contributed by atoms with E-state index in [1.165, 1.54) is 0 Å². The van der Waals surface area contributed by atoms with E-state index in [1.54, 1.807) is 0 Å². The van der Waals surface area contributed by atoms with Crippen molar-refractivity contribution in [2.45, 2.75) is 6.92 Å². The van der Waals surface area contributed by atoms with Crippen LogP contribution in [0.4, 0.5) is 5.69 Å². The van der Waals surface area contributed by atoms with Crippen molar-refractivity contribution < 1.29 is 8.42 Å². The zero-order chi connectivity index (χ0) is 17.3. The maximum atomic E-state index is 11.7. The van der Waals surface area contributed by atoms with Crippen LogP contribution in [0.1, 0.15) is 18.1 Å². The number of anilines is 1. The summed E-state index contributed by atoms with van der Waals surface area (Å²) in [6.45, 7) is 1.97. The number of nitrogens with zero attached hydrogens (tertiary/aromatic N) is 2. The standard InChI is InChI=1S/C19H20N2O2S/c1-14-13-17(15-9-5-4-6-10-15)16-11-7-8-12-18(16)21(2)19(14)20-24(3,22)23/h4-14H,1-3H3/b20-19-. The van der Waals surface area contributed by atoms with Gasteiger partial charge in [0.15, 0.2) is 0 Å². The third-order valence-electron chi connectivity index (χ3n) is 4.07. The Kier molecular flexibility index (Phi) is 4.28. The lowest BCUT2D eigenvalue weighted by Crippen LogP contribution is -2.31. The molecule has 1 aliphatic rings. The van der Waals surface area contributed by atoms with Crippen molar-refractivity contribution in [3.05, 3.63) is 71.8 Å². The average Bonchev–Trinajstić information content (AvgIpc) is 2.65. The first-order chi connectivity index (χ1) is 11.4. The summed E-state index contributed by atoms with van der Waals surface area (Å²) in [4.78, 5) is 1.87. The second-order valence-electron chi connectivity index (χ2n) is 5.99. The lowest BCUT2D eigenvalue weighted by atomic mass is 9.94. The number of benzene rings is 2. The lowest BCUT2D eigenvalue weighted by molar-refractivity contribution is 0.603. The van der Waals surface area contributed by atoms with Crippen LogP contribution in [0.5, 0.6) is 0 Å². The van der Waals surface area contributed by atoms with Gasteiger partial charge in [0, 0.05) is 24.2 Å². The van der Waals surface area contributed by atoms with Gasteiger partial charge in [-0.25, -0.2) is 8.42 Å². The van der Waals surface area contributed by atoms with Crippen LogP contribution in [0.25, 0.3) is 5.57 Å². The normalized spacial score (nSPS) is 19.6. The molecule has 1 atom stereocenters. The minimum atomic E-state index is -3.47. The molecule has 24 heavy (non-hydrogen) atoms. The largest absolute Gasteiger partial charge is 0.331 e. The van der Waals surface area contributed by atoms with Crippen LogP contribution in [0, 0.1) is 5.92 Å². The van der Waals surface area contributed by atoms with Crippen LogP contribution >= 0.6 is 0 Å². The number of para-hydroxylation sites is 1. The zero-order valence-electron chi connectivity index (χ0n) is 14.0. The molecule has 0 bridgehead atoms. The molecule has 0 N–H and O–H groups in total. The quantitative estimate of drug-likeness (QED) is 0.840. The lowest BCUT2D eigenvalue weighted by Gasteiger charge is -2.23. The van der Waals surface area contributed by atoms with E-state index in [-0.39, 0.29) is 5.92 Å². The molecule has 0 saturated heterocycles. The van der Waals surface area contributed by atoms with Crippen molar-refractivity contribution in [2.24, 2.45) is 10.3 Å². The molecule has 2 aromatic rings. The fourth-order valence-corrected chi connectivity index (χ4v) is 3.65. The Balaban J connectivity index is 2.27. The molecule has 1 aliphatic heterocycles. The number of rotatable bonds is 2. The summed E-state index contributed by atoms with van der Waals surface area (Å²) < 4.78 is 27.5. The maximum Gasteiger partial charge on any atom is 0.251 e. The molecule has 0 aromatic heterocycles. The minimum absolute atomic E-state index is 0.132. The number of amidine groups is 1. The van der Waals surface area contributed by atoms with Crippen molar-refractivity contribution in [1.29, 1.82) is 0 Å². The van der Waals surface area contributed by atoms with Crippen molar-refractivity contribution in [3.63, 3.8) is 0 Å². The Morgan fingerprint density at radius 1 is 1.00 bits per heavy atom. The smallest absolute Gasteiger partial charge is 0.251 e. The number of hydrogen-bond acceptors (Lipinski definition) is 2.